The topological polar surface area (TPSA) is 3.24 Å². The Morgan fingerprint density at radius 3 is 2.86 bits per heavy atom. The molecule has 1 saturated carbocycles. The van der Waals surface area contributed by atoms with Crippen LogP contribution in [0.15, 0.2) is 35.2 Å². The van der Waals surface area contributed by atoms with Crippen molar-refractivity contribution in [3.63, 3.8) is 0 Å². The van der Waals surface area contributed by atoms with Gasteiger partial charge in [0.15, 0.2) is 0 Å². The second-order valence-electron chi connectivity index (χ2n) is 6.98. The summed E-state index contributed by atoms with van der Waals surface area (Å²) in [6, 6.07) is 9.12. The summed E-state index contributed by atoms with van der Waals surface area (Å²) in [6.45, 7) is 1.13. The molecular weight excluding hydrogens is 310 g/mol. The third kappa shape index (κ3) is 2.73. The first-order chi connectivity index (χ1) is 10.2. The molecule has 2 atom stereocenters. The van der Waals surface area contributed by atoms with Gasteiger partial charge in [-0.05, 0) is 79.6 Å². The minimum atomic E-state index is 0. The molecule has 118 valence electrons. The van der Waals surface area contributed by atoms with Crippen molar-refractivity contribution in [2.75, 3.05) is 20.6 Å². The van der Waals surface area contributed by atoms with Crippen LogP contribution in [0.2, 0.25) is 0 Å². The molecule has 2 aliphatic rings. The Bertz CT molecular complexity index is 700. The monoisotopic (exact) mass is 333 g/mol. The number of hydrogen-bond donors (Lipinski definition) is 0. The van der Waals surface area contributed by atoms with E-state index in [0.717, 1.165) is 18.4 Å². The van der Waals surface area contributed by atoms with Crippen LogP contribution >= 0.6 is 23.7 Å². The zero-order chi connectivity index (χ0) is 14.4. The van der Waals surface area contributed by atoms with E-state index in [1.165, 1.54) is 41.3 Å². The lowest BCUT2D eigenvalue weighted by Crippen LogP contribution is -2.21. The summed E-state index contributed by atoms with van der Waals surface area (Å²) in [4.78, 5) is 2.34. The predicted octanol–water partition coefficient (Wildman–Crippen LogP) is 5.46. The van der Waals surface area contributed by atoms with Gasteiger partial charge in [0.1, 0.15) is 0 Å². The quantitative estimate of drug-likeness (QED) is 0.721. The van der Waals surface area contributed by atoms with Crippen LogP contribution < -0.4 is 0 Å². The molecule has 4 rings (SSSR count). The van der Waals surface area contributed by atoms with Gasteiger partial charge in [-0.25, -0.2) is 0 Å². The Morgan fingerprint density at radius 1 is 1.18 bits per heavy atom. The van der Waals surface area contributed by atoms with Crippen molar-refractivity contribution in [1.82, 2.24) is 4.90 Å². The van der Waals surface area contributed by atoms with Crippen LogP contribution in [-0.4, -0.2) is 25.5 Å². The molecule has 0 saturated heterocycles. The molecule has 22 heavy (non-hydrogen) atoms. The Hall–Kier alpha value is -0.830. The van der Waals surface area contributed by atoms with Gasteiger partial charge in [-0.3, -0.25) is 0 Å². The van der Waals surface area contributed by atoms with E-state index >= 15 is 0 Å². The van der Waals surface area contributed by atoms with Crippen molar-refractivity contribution in [1.29, 1.82) is 0 Å². The molecule has 1 heterocycles. The number of halogens is 1. The highest BCUT2D eigenvalue weighted by Crippen LogP contribution is 2.50. The van der Waals surface area contributed by atoms with E-state index in [9.17, 15) is 0 Å². The summed E-state index contributed by atoms with van der Waals surface area (Å²) in [6.07, 6.45) is 5.59. The van der Waals surface area contributed by atoms with Gasteiger partial charge in [-0.1, -0.05) is 23.8 Å². The van der Waals surface area contributed by atoms with Crippen molar-refractivity contribution >= 4 is 39.4 Å². The second-order valence-corrected chi connectivity index (χ2v) is 7.90. The van der Waals surface area contributed by atoms with Crippen molar-refractivity contribution in [2.24, 2.45) is 11.8 Å². The van der Waals surface area contributed by atoms with Crippen LogP contribution in [0, 0.1) is 11.8 Å². The maximum Gasteiger partial charge on any atom is 0.0417 e. The van der Waals surface area contributed by atoms with E-state index in [4.69, 9.17) is 0 Å². The van der Waals surface area contributed by atoms with Crippen LogP contribution in [0.1, 0.15) is 31.2 Å². The highest BCUT2D eigenvalue weighted by molar-refractivity contribution is 7.17. The van der Waals surface area contributed by atoms with Crippen LogP contribution in [-0.2, 0) is 0 Å². The number of benzene rings is 1. The maximum atomic E-state index is 2.36. The molecule has 1 aromatic heterocycles. The smallest absolute Gasteiger partial charge is 0.0417 e. The fourth-order valence-corrected chi connectivity index (χ4v) is 5.34. The van der Waals surface area contributed by atoms with Crippen LogP contribution in [0.25, 0.3) is 15.7 Å². The Morgan fingerprint density at radius 2 is 2.05 bits per heavy atom. The lowest BCUT2D eigenvalue weighted by Gasteiger charge is -2.29. The first-order valence-corrected chi connectivity index (χ1v) is 8.93. The van der Waals surface area contributed by atoms with Gasteiger partial charge in [0.05, 0.1) is 0 Å². The van der Waals surface area contributed by atoms with Crippen LogP contribution in [0.4, 0.5) is 0 Å². The average Bonchev–Trinajstić information content (AvgIpc) is 3.05. The van der Waals surface area contributed by atoms with Gasteiger partial charge >= 0.3 is 0 Å². The van der Waals surface area contributed by atoms with E-state index < -0.39 is 0 Å². The summed E-state index contributed by atoms with van der Waals surface area (Å²) >= 11 is 1.91. The Kier molecular flexibility index (Phi) is 4.63. The maximum absolute atomic E-state index is 2.36. The Balaban J connectivity index is 0.00000144. The molecule has 0 N–H and O–H groups in total. The van der Waals surface area contributed by atoms with Crippen molar-refractivity contribution in [3.05, 3.63) is 40.8 Å². The lowest BCUT2D eigenvalue weighted by molar-refractivity contribution is 0.413. The molecule has 0 amide bonds. The molecule has 0 spiro atoms. The molecule has 2 bridgehead atoms. The fourth-order valence-electron chi connectivity index (χ4n) is 4.42. The van der Waals surface area contributed by atoms with Crippen molar-refractivity contribution < 1.29 is 0 Å². The van der Waals surface area contributed by atoms with Crippen LogP contribution in [0.5, 0.6) is 0 Å². The second kappa shape index (κ2) is 6.35. The highest BCUT2D eigenvalue weighted by Gasteiger charge is 2.35. The summed E-state index contributed by atoms with van der Waals surface area (Å²) in [5.74, 6) is 1.77. The molecule has 1 aromatic carbocycles. The van der Waals surface area contributed by atoms with Gasteiger partial charge in [0, 0.05) is 11.2 Å². The number of allylic oxidation sites excluding steroid dienone is 1. The zero-order valence-electron chi connectivity index (χ0n) is 13.3. The van der Waals surface area contributed by atoms with Crippen LogP contribution in [0.3, 0.4) is 0 Å². The van der Waals surface area contributed by atoms with E-state index in [-0.39, 0.29) is 12.4 Å². The molecular formula is C19H24ClNS. The molecule has 2 unspecified atom stereocenters. The zero-order valence-corrected chi connectivity index (χ0v) is 15.0. The molecule has 2 aliphatic carbocycles. The molecule has 2 aromatic rings. The van der Waals surface area contributed by atoms with E-state index in [1.54, 1.807) is 11.1 Å². The molecule has 0 aliphatic heterocycles. The minimum Gasteiger partial charge on any atom is -0.305 e. The highest BCUT2D eigenvalue weighted by atomic mass is 35.5. The SMILES string of the molecule is CN(C)CC1=C(c2cccc3ccsc23)C2CCC(C1)C2.Cl. The number of thiophene rings is 1. The third-order valence-corrected chi connectivity index (χ3v) is 6.11. The molecule has 1 fully saturated rings. The summed E-state index contributed by atoms with van der Waals surface area (Å²) < 4.78 is 1.49. The molecule has 3 heteroatoms. The largest absolute Gasteiger partial charge is 0.305 e. The number of fused-ring (bicyclic) bond motifs is 3. The van der Waals surface area contributed by atoms with Gasteiger partial charge in [0.2, 0.25) is 0 Å². The summed E-state index contributed by atoms with van der Waals surface area (Å²) in [5, 5.41) is 3.65. The van der Waals surface area contributed by atoms with Gasteiger partial charge in [0.25, 0.3) is 0 Å². The first kappa shape index (κ1) is 16.0. The average molecular weight is 334 g/mol. The normalized spacial score (nSPS) is 24.1. The predicted molar refractivity (Wildman–Crippen MR) is 100.0 cm³/mol. The van der Waals surface area contributed by atoms with E-state index in [2.05, 4.69) is 48.6 Å². The van der Waals surface area contributed by atoms with Gasteiger partial charge < -0.3 is 4.90 Å². The van der Waals surface area contributed by atoms with Crippen molar-refractivity contribution in [3.8, 4) is 0 Å². The van der Waals surface area contributed by atoms with Crippen molar-refractivity contribution in [2.45, 2.75) is 25.7 Å². The number of likely N-dealkylation sites (N-methyl/N-ethyl adjacent to an activating group) is 1. The molecule has 1 nitrogen and oxygen atoms in total. The fraction of sp³-hybridized carbons (Fsp3) is 0.474. The van der Waals surface area contributed by atoms with E-state index in [1.807, 2.05) is 11.3 Å². The number of nitrogens with zero attached hydrogens (tertiary/aromatic N) is 1. The van der Waals surface area contributed by atoms with Gasteiger partial charge in [-0.15, -0.1) is 23.7 Å². The summed E-state index contributed by atoms with van der Waals surface area (Å²) in [7, 11) is 4.40. The lowest BCUT2D eigenvalue weighted by atomic mass is 9.79. The minimum absolute atomic E-state index is 0. The number of hydrogen-bond acceptors (Lipinski definition) is 2. The Labute approximate surface area is 143 Å². The first-order valence-electron chi connectivity index (χ1n) is 8.05. The third-order valence-electron chi connectivity index (χ3n) is 5.14. The summed E-state index contributed by atoms with van der Waals surface area (Å²) in [5.41, 5.74) is 4.94. The molecule has 0 radical (unpaired) electrons. The number of rotatable bonds is 3. The van der Waals surface area contributed by atoms with Gasteiger partial charge in [-0.2, -0.15) is 0 Å². The van der Waals surface area contributed by atoms with E-state index in [0.29, 0.717) is 0 Å². The standard InChI is InChI=1S/C19H23NS.ClH/c1-20(2)12-16-11-13-6-7-15(10-13)18(16)17-5-3-4-14-8-9-21-19(14)17;/h3-5,8-9,13,15H,6-7,10-12H2,1-2H3;1H.